The summed E-state index contributed by atoms with van der Waals surface area (Å²) in [4.78, 5) is 15.1. The minimum atomic E-state index is 0.0405. The zero-order valence-electron chi connectivity index (χ0n) is 9.12. The summed E-state index contributed by atoms with van der Waals surface area (Å²) >= 11 is 1.81. The normalized spacial score (nSPS) is 19.9. The van der Waals surface area contributed by atoms with E-state index < -0.39 is 0 Å². The minimum absolute atomic E-state index is 0.0405. The zero-order valence-corrected chi connectivity index (χ0v) is 9.93. The fourth-order valence-corrected chi connectivity index (χ4v) is 3.15. The largest absolute Gasteiger partial charge is 0.341 e. The molecule has 1 aliphatic heterocycles. The number of hydrogen-bond acceptors (Lipinski definition) is 2. The summed E-state index contributed by atoms with van der Waals surface area (Å²) in [6.45, 7) is 2.97. The molecule has 2 heterocycles. The molecular formula is C11H16N2OS. The molecule has 1 aliphatic rings. The fraction of sp³-hybridized carbons (Fsp3) is 0.545. The van der Waals surface area contributed by atoms with Crippen LogP contribution in [0.3, 0.4) is 0 Å². The van der Waals surface area contributed by atoms with Crippen LogP contribution in [0.15, 0.2) is 11.4 Å². The van der Waals surface area contributed by atoms with Crippen LogP contribution in [0.4, 0.5) is 4.79 Å². The quantitative estimate of drug-likeness (QED) is 0.780. The topological polar surface area (TPSA) is 32.3 Å². The maximum absolute atomic E-state index is 11.7. The van der Waals surface area contributed by atoms with Gasteiger partial charge in [-0.15, -0.1) is 11.3 Å². The van der Waals surface area contributed by atoms with E-state index in [0.29, 0.717) is 0 Å². The smallest absolute Gasteiger partial charge is 0.317 e. The molecule has 1 aromatic rings. The van der Waals surface area contributed by atoms with Gasteiger partial charge in [-0.1, -0.05) is 6.92 Å². The summed E-state index contributed by atoms with van der Waals surface area (Å²) in [5, 5.41) is 4.84. The summed E-state index contributed by atoms with van der Waals surface area (Å²) in [5.74, 6) is 0. The molecule has 82 valence electrons. The van der Waals surface area contributed by atoms with Gasteiger partial charge in [0.2, 0.25) is 0 Å². The summed E-state index contributed by atoms with van der Waals surface area (Å²) in [6.07, 6.45) is 1.98. The Hall–Kier alpha value is -1.03. The predicted octanol–water partition coefficient (Wildman–Crippen LogP) is 2.40. The van der Waals surface area contributed by atoms with E-state index in [1.54, 1.807) is 7.05 Å². The number of nitrogens with zero attached hydrogens (tertiary/aromatic N) is 1. The zero-order chi connectivity index (χ0) is 10.8. The molecular weight excluding hydrogens is 208 g/mol. The second-order valence-corrected chi connectivity index (χ2v) is 4.72. The number of thiophene rings is 1. The highest BCUT2D eigenvalue weighted by Crippen LogP contribution is 2.34. The Balaban J connectivity index is 2.28. The third-order valence-corrected chi connectivity index (χ3v) is 3.95. The van der Waals surface area contributed by atoms with Gasteiger partial charge in [-0.3, -0.25) is 0 Å². The van der Waals surface area contributed by atoms with Crippen molar-refractivity contribution in [2.24, 2.45) is 0 Å². The number of hydrogen-bond donors (Lipinski definition) is 1. The molecule has 0 radical (unpaired) electrons. The number of carbonyl (C=O) groups excluding carboxylic acids is 1. The molecule has 0 saturated heterocycles. The predicted molar refractivity (Wildman–Crippen MR) is 62.2 cm³/mol. The van der Waals surface area contributed by atoms with E-state index in [-0.39, 0.29) is 12.1 Å². The SMILES string of the molecule is CC[C@@H]1c2ccsc2CCN1C(=O)NC. The standard InChI is InChI=1S/C11H16N2OS/c1-3-9-8-5-7-15-10(8)4-6-13(9)11(14)12-2/h5,7,9H,3-4,6H2,1-2H3,(H,12,14)/t9-/m1/s1. The van der Waals surface area contributed by atoms with Crippen molar-refractivity contribution in [3.05, 3.63) is 21.9 Å². The third-order valence-electron chi connectivity index (χ3n) is 2.96. The lowest BCUT2D eigenvalue weighted by molar-refractivity contribution is 0.170. The van der Waals surface area contributed by atoms with Crippen molar-refractivity contribution < 1.29 is 4.79 Å². The van der Waals surface area contributed by atoms with Crippen LogP contribution in [0.1, 0.15) is 29.8 Å². The Morgan fingerprint density at radius 3 is 3.20 bits per heavy atom. The molecule has 0 aromatic carbocycles. The molecule has 0 saturated carbocycles. The number of carbonyl (C=O) groups is 1. The van der Waals surface area contributed by atoms with Crippen LogP contribution in [0.5, 0.6) is 0 Å². The lowest BCUT2D eigenvalue weighted by Crippen LogP contribution is -2.43. The monoisotopic (exact) mass is 224 g/mol. The van der Waals surface area contributed by atoms with E-state index in [9.17, 15) is 4.79 Å². The Bertz CT molecular complexity index is 361. The van der Waals surface area contributed by atoms with Crippen LogP contribution < -0.4 is 5.32 Å². The second-order valence-electron chi connectivity index (χ2n) is 3.72. The van der Waals surface area contributed by atoms with Crippen molar-refractivity contribution >= 4 is 17.4 Å². The molecule has 4 heteroatoms. The molecule has 2 rings (SSSR count). The van der Waals surface area contributed by atoms with Gasteiger partial charge in [0.25, 0.3) is 0 Å². The molecule has 0 aliphatic carbocycles. The van der Waals surface area contributed by atoms with E-state index in [4.69, 9.17) is 0 Å². The molecule has 3 nitrogen and oxygen atoms in total. The molecule has 1 N–H and O–H groups in total. The summed E-state index contributed by atoms with van der Waals surface area (Å²) in [5.41, 5.74) is 1.34. The van der Waals surface area contributed by atoms with Crippen LogP contribution in [0.2, 0.25) is 0 Å². The molecule has 1 atom stereocenters. The van der Waals surface area contributed by atoms with Gasteiger partial charge in [-0.25, -0.2) is 4.79 Å². The fourth-order valence-electron chi connectivity index (χ4n) is 2.22. The van der Waals surface area contributed by atoms with Crippen molar-refractivity contribution in [1.82, 2.24) is 10.2 Å². The number of rotatable bonds is 1. The number of nitrogens with one attached hydrogen (secondary N) is 1. The first kappa shape index (κ1) is 10.5. The first-order valence-electron chi connectivity index (χ1n) is 5.32. The van der Waals surface area contributed by atoms with Gasteiger partial charge in [-0.2, -0.15) is 0 Å². The molecule has 0 bridgehead atoms. The Kier molecular flexibility index (Phi) is 2.95. The van der Waals surface area contributed by atoms with Crippen LogP contribution in [0.25, 0.3) is 0 Å². The van der Waals surface area contributed by atoms with Crippen molar-refractivity contribution in [3.8, 4) is 0 Å². The van der Waals surface area contributed by atoms with E-state index in [1.807, 2.05) is 16.2 Å². The van der Waals surface area contributed by atoms with E-state index in [2.05, 4.69) is 23.7 Å². The molecule has 15 heavy (non-hydrogen) atoms. The lowest BCUT2D eigenvalue weighted by Gasteiger charge is -2.35. The summed E-state index contributed by atoms with van der Waals surface area (Å²) in [7, 11) is 1.69. The van der Waals surface area contributed by atoms with Gasteiger partial charge in [0.05, 0.1) is 6.04 Å². The van der Waals surface area contributed by atoms with Gasteiger partial charge >= 0.3 is 6.03 Å². The van der Waals surface area contributed by atoms with Gasteiger partial charge in [0, 0.05) is 18.5 Å². The van der Waals surface area contributed by atoms with E-state index in [1.165, 1.54) is 10.4 Å². The molecule has 0 fully saturated rings. The third kappa shape index (κ3) is 1.74. The highest BCUT2D eigenvalue weighted by Gasteiger charge is 2.29. The van der Waals surface area contributed by atoms with Gasteiger partial charge in [0.1, 0.15) is 0 Å². The van der Waals surface area contributed by atoms with E-state index >= 15 is 0 Å². The average molecular weight is 224 g/mol. The van der Waals surface area contributed by atoms with Crippen LogP contribution >= 0.6 is 11.3 Å². The van der Waals surface area contributed by atoms with Crippen LogP contribution in [-0.2, 0) is 6.42 Å². The number of urea groups is 1. The van der Waals surface area contributed by atoms with Crippen molar-refractivity contribution in [1.29, 1.82) is 0 Å². The second kappa shape index (κ2) is 4.23. The van der Waals surface area contributed by atoms with Gasteiger partial charge in [0.15, 0.2) is 0 Å². The highest BCUT2D eigenvalue weighted by atomic mass is 32.1. The molecule has 1 aromatic heterocycles. The highest BCUT2D eigenvalue weighted by molar-refractivity contribution is 7.10. The van der Waals surface area contributed by atoms with Crippen molar-refractivity contribution in [2.75, 3.05) is 13.6 Å². The van der Waals surface area contributed by atoms with Gasteiger partial charge in [-0.05, 0) is 29.9 Å². The van der Waals surface area contributed by atoms with Crippen molar-refractivity contribution in [3.63, 3.8) is 0 Å². The maximum atomic E-state index is 11.7. The maximum Gasteiger partial charge on any atom is 0.317 e. The first-order chi connectivity index (χ1) is 7.27. The lowest BCUT2D eigenvalue weighted by atomic mass is 9.98. The number of fused-ring (bicyclic) bond motifs is 1. The van der Waals surface area contributed by atoms with Crippen molar-refractivity contribution in [2.45, 2.75) is 25.8 Å². The van der Waals surface area contributed by atoms with Crippen LogP contribution in [0, 0.1) is 0 Å². The minimum Gasteiger partial charge on any atom is -0.341 e. The van der Waals surface area contributed by atoms with Gasteiger partial charge < -0.3 is 10.2 Å². The Morgan fingerprint density at radius 1 is 1.73 bits per heavy atom. The van der Waals surface area contributed by atoms with E-state index in [0.717, 1.165) is 19.4 Å². The average Bonchev–Trinajstić information content (AvgIpc) is 2.74. The number of amides is 2. The summed E-state index contributed by atoms with van der Waals surface area (Å²) < 4.78 is 0. The Labute approximate surface area is 94.1 Å². The Morgan fingerprint density at radius 2 is 2.53 bits per heavy atom. The molecule has 2 amide bonds. The molecule has 0 spiro atoms. The summed E-state index contributed by atoms with van der Waals surface area (Å²) in [6, 6.07) is 2.46. The van der Waals surface area contributed by atoms with Crippen LogP contribution in [-0.4, -0.2) is 24.5 Å². The first-order valence-corrected chi connectivity index (χ1v) is 6.20. The molecule has 0 unspecified atom stereocenters.